The minimum absolute atomic E-state index is 0.0809. The molecule has 1 unspecified atom stereocenters. The summed E-state index contributed by atoms with van der Waals surface area (Å²) in [5, 5.41) is 9.43. The minimum Gasteiger partial charge on any atom is -0.481 e. The third-order valence-corrected chi connectivity index (χ3v) is 4.57. The van der Waals surface area contributed by atoms with E-state index in [1.165, 1.54) is 0 Å². The zero-order chi connectivity index (χ0) is 15.5. The van der Waals surface area contributed by atoms with Gasteiger partial charge >= 0.3 is 5.97 Å². The maximum Gasteiger partial charge on any atom is 0.303 e. The van der Waals surface area contributed by atoms with Gasteiger partial charge in [-0.1, -0.05) is 18.2 Å². The fourth-order valence-electron chi connectivity index (χ4n) is 2.02. The molecule has 6 nitrogen and oxygen atoms in total. The summed E-state index contributed by atoms with van der Waals surface area (Å²) in [6, 6.07) is 8.70. The van der Waals surface area contributed by atoms with Crippen LogP contribution in [-0.2, 0) is 14.8 Å². The first kappa shape index (κ1) is 15.5. The molecule has 2 N–H and O–H groups in total. The van der Waals surface area contributed by atoms with Gasteiger partial charge in [0.1, 0.15) is 11.3 Å². The minimum atomic E-state index is -3.54. The van der Waals surface area contributed by atoms with E-state index in [2.05, 4.69) is 4.72 Å². The zero-order valence-corrected chi connectivity index (χ0v) is 12.4. The van der Waals surface area contributed by atoms with Crippen molar-refractivity contribution in [2.75, 3.05) is 5.75 Å². The fraction of sp³-hybridized carbons (Fsp3) is 0.357. The SMILES string of the molecule is CC(NS(=O)(=O)CCCC(=O)O)c1cc2ccccc2o1. The van der Waals surface area contributed by atoms with Crippen LogP contribution in [0.1, 0.15) is 31.6 Å². The van der Waals surface area contributed by atoms with Gasteiger partial charge in [-0.3, -0.25) is 4.79 Å². The van der Waals surface area contributed by atoms with Gasteiger partial charge in [-0.2, -0.15) is 0 Å². The predicted octanol–water partition coefficient (Wildman–Crippen LogP) is 2.28. The molecule has 2 aromatic rings. The van der Waals surface area contributed by atoms with Crippen LogP contribution < -0.4 is 4.72 Å². The molecule has 1 atom stereocenters. The van der Waals surface area contributed by atoms with Gasteiger partial charge in [0.15, 0.2) is 0 Å². The molecule has 1 heterocycles. The molecule has 0 fully saturated rings. The third-order valence-electron chi connectivity index (χ3n) is 3.03. The monoisotopic (exact) mass is 311 g/mol. The highest BCUT2D eigenvalue weighted by Crippen LogP contribution is 2.24. The molecule has 1 aromatic heterocycles. The van der Waals surface area contributed by atoms with Crippen molar-refractivity contribution in [2.45, 2.75) is 25.8 Å². The number of para-hydroxylation sites is 1. The van der Waals surface area contributed by atoms with Crippen molar-refractivity contribution in [3.05, 3.63) is 36.1 Å². The first-order valence-electron chi connectivity index (χ1n) is 6.58. The van der Waals surface area contributed by atoms with E-state index in [0.717, 1.165) is 5.39 Å². The molecule has 114 valence electrons. The topological polar surface area (TPSA) is 96.6 Å². The number of carbonyl (C=O) groups is 1. The van der Waals surface area contributed by atoms with Gasteiger partial charge in [-0.15, -0.1) is 0 Å². The molecule has 0 amide bonds. The van der Waals surface area contributed by atoms with E-state index >= 15 is 0 Å². The molecule has 0 saturated heterocycles. The Hall–Kier alpha value is -1.86. The Morgan fingerprint density at radius 3 is 2.76 bits per heavy atom. The molecule has 2 rings (SSSR count). The number of carboxylic acids is 1. The maximum absolute atomic E-state index is 11.9. The van der Waals surface area contributed by atoms with E-state index in [9.17, 15) is 13.2 Å². The normalized spacial score (nSPS) is 13.4. The van der Waals surface area contributed by atoms with Gasteiger partial charge in [0.05, 0.1) is 11.8 Å². The van der Waals surface area contributed by atoms with Gasteiger partial charge in [0.25, 0.3) is 0 Å². The van der Waals surface area contributed by atoms with Crippen LogP contribution in [-0.4, -0.2) is 25.2 Å². The molecule has 0 aliphatic carbocycles. The molecule has 1 aromatic carbocycles. The Kier molecular flexibility index (Phi) is 4.64. The van der Waals surface area contributed by atoms with Crippen molar-refractivity contribution < 1.29 is 22.7 Å². The molecule has 0 aliphatic rings. The summed E-state index contributed by atoms with van der Waals surface area (Å²) in [5.74, 6) is -0.697. The van der Waals surface area contributed by atoms with Gasteiger partial charge < -0.3 is 9.52 Å². The highest BCUT2D eigenvalue weighted by atomic mass is 32.2. The van der Waals surface area contributed by atoms with Crippen LogP contribution in [0.25, 0.3) is 11.0 Å². The van der Waals surface area contributed by atoms with Crippen LogP contribution in [0.5, 0.6) is 0 Å². The van der Waals surface area contributed by atoms with Crippen molar-refractivity contribution in [3.63, 3.8) is 0 Å². The molecular formula is C14H17NO5S. The number of hydrogen-bond acceptors (Lipinski definition) is 4. The predicted molar refractivity (Wildman–Crippen MR) is 78.4 cm³/mol. The van der Waals surface area contributed by atoms with Crippen LogP contribution in [0, 0.1) is 0 Å². The molecular weight excluding hydrogens is 294 g/mol. The number of aliphatic carboxylic acids is 1. The van der Waals surface area contributed by atoms with Gasteiger partial charge in [-0.25, -0.2) is 13.1 Å². The van der Waals surface area contributed by atoms with E-state index < -0.39 is 22.0 Å². The summed E-state index contributed by atoms with van der Waals surface area (Å²) >= 11 is 0. The summed E-state index contributed by atoms with van der Waals surface area (Å²) in [6.07, 6.45) is -0.0859. The van der Waals surface area contributed by atoms with Crippen LogP contribution in [0.4, 0.5) is 0 Å². The van der Waals surface area contributed by atoms with E-state index in [0.29, 0.717) is 11.3 Å². The Balaban J connectivity index is 2.02. The van der Waals surface area contributed by atoms with Crippen LogP contribution in [0.3, 0.4) is 0 Å². The van der Waals surface area contributed by atoms with Crippen molar-refractivity contribution in [1.29, 1.82) is 0 Å². The molecule has 0 bridgehead atoms. The van der Waals surface area contributed by atoms with E-state index in [-0.39, 0.29) is 18.6 Å². The molecule has 21 heavy (non-hydrogen) atoms. The summed E-state index contributed by atoms with van der Waals surface area (Å²) < 4.78 is 31.8. The molecule has 7 heteroatoms. The van der Waals surface area contributed by atoms with Gasteiger partial charge in [-0.05, 0) is 25.5 Å². The van der Waals surface area contributed by atoms with Crippen LogP contribution in [0.2, 0.25) is 0 Å². The number of furan rings is 1. The lowest BCUT2D eigenvalue weighted by molar-refractivity contribution is -0.137. The number of rotatable bonds is 7. The standard InChI is InChI=1S/C14H17NO5S/c1-10(15-21(18,19)8-4-7-14(16)17)13-9-11-5-2-3-6-12(11)20-13/h2-3,5-6,9-10,15H,4,7-8H2,1H3,(H,16,17). The summed E-state index contributed by atoms with van der Waals surface area (Å²) in [6.45, 7) is 1.69. The smallest absolute Gasteiger partial charge is 0.303 e. The van der Waals surface area contributed by atoms with E-state index in [4.69, 9.17) is 9.52 Å². The summed E-state index contributed by atoms with van der Waals surface area (Å²) in [4.78, 5) is 10.4. The fourth-order valence-corrected chi connectivity index (χ4v) is 3.31. The molecule has 0 spiro atoms. The second-order valence-corrected chi connectivity index (χ2v) is 6.72. The maximum atomic E-state index is 11.9. The lowest BCUT2D eigenvalue weighted by Gasteiger charge is -2.11. The lowest BCUT2D eigenvalue weighted by Crippen LogP contribution is -2.29. The molecule has 0 aliphatic heterocycles. The number of sulfonamides is 1. The molecule has 0 radical (unpaired) electrons. The highest BCUT2D eigenvalue weighted by Gasteiger charge is 2.19. The average Bonchev–Trinajstić information content (AvgIpc) is 2.81. The van der Waals surface area contributed by atoms with E-state index in [1.54, 1.807) is 13.0 Å². The number of fused-ring (bicyclic) bond motifs is 1. The highest BCUT2D eigenvalue weighted by molar-refractivity contribution is 7.89. The second-order valence-electron chi connectivity index (χ2n) is 4.84. The first-order chi connectivity index (χ1) is 9.87. The zero-order valence-electron chi connectivity index (χ0n) is 11.6. The summed E-state index contributed by atoms with van der Waals surface area (Å²) in [5.41, 5.74) is 0.699. The Bertz CT molecular complexity index is 702. The Morgan fingerprint density at radius 1 is 1.38 bits per heavy atom. The van der Waals surface area contributed by atoms with Gasteiger partial charge in [0.2, 0.25) is 10.0 Å². The average molecular weight is 311 g/mol. The second kappa shape index (κ2) is 6.28. The lowest BCUT2D eigenvalue weighted by atomic mass is 10.2. The van der Waals surface area contributed by atoms with E-state index in [1.807, 2.05) is 24.3 Å². The van der Waals surface area contributed by atoms with Crippen molar-refractivity contribution in [1.82, 2.24) is 4.72 Å². The van der Waals surface area contributed by atoms with Crippen molar-refractivity contribution in [2.24, 2.45) is 0 Å². The summed E-state index contributed by atoms with van der Waals surface area (Å²) in [7, 11) is -3.54. The Labute approximate surface area is 122 Å². The van der Waals surface area contributed by atoms with Crippen LogP contribution >= 0.6 is 0 Å². The number of hydrogen-bond donors (Lipinski definition) is 2. The largest absolute Gasteiger partial charge is 0.481 e. The first-order valence-corrected chi connectivity index (χ1v) is 8.23. The quantitative estimate of drug-likeness (QED) is 0.817. The van der Waals surface area contributed by atoms with Crippen molar-refractivity contribution >= 4 is 27.0 Å². The number of benzene rings is 1. The van der Waals surface area contributed by atoms with Crippen molar-refractivity contribution in [3.8, 4) is 0 Å². The van der Waals surface area contributed by atoms with Crippen LogP contribution in [0.15, 0.2) is 34.7 Å². The number of carboxylic acid groups (broad SMARTS) is 1. The number of nitrogens with one attached hydrogen (secondary N) is 1. The van der Waals surface area contributed by atoms with Gasteiger partial charge in [0, 0.05) is 11.8 Å². The third kappa shape index (κ3) is 4.30. The molecule has 0 saturated carbocycles. The Morgan fingerprint density at radius 2 is 2.10 bits per heavy atom.